The molecule has 0 bridgehead atoms. The summed E-state index contributed by atoms with van der Waals surface area (Å²) in [5.74, 6) is 0.233. The van der Waals surface area contributed by atoms with Gasteiger partial charge in [-0.3, -0.25) is 0 Å². The quantitative estimate of drug-likeness (QED) is 0.727. The van der Waals surface area contributed by atoms with Crippen LogP contribution in [0.4, 0.5) is 4.79 Å². The molecule has 0 fully saturated rings. The lowest BCUT2D eigenvalue weighted by Crippen LogP contribution is -2.38. The van der Waals surface area contributed by atoms with Crippen molar-refractivity contribution in [2.24, 2.45) is 5.92 Å². The molecule has 6 nitrogen and oxygen atoms in total. The van der Waals surface area contributed by atoms with Crippen molar-refractivity contribution in [1.82, 2.24) is 10.6 Å². The minimum atomic E-state index is -1.03. The van der Waals surface area contributed by atoms with Crippen molar-refractivity contribution in [1.29, 1.82) is 0 Å². The fourth-order valence-corrected chi connectivity index (χ4v) is 2.35. The lowest BCUT2D eigenvalue weighted by molar-refractivity contribution is 0.0695. The summed E-state index contributed by atoms with van der Waals surface area (Å²) in [4.78, 5) is 22.6. The number of allylic oxidation sites excluding steroid dienone is 2. The van der Waals surface area contributed by atoms with Crippen molar-refractivity contribution in [2.45, 2.75) is 32.7 Å². The van der Waals surface area contributed by atoms with Crippen LogP contribution in [0.25, 0.3) is 0 Å². The Balaban J connectivity index is 1.74. The van der Waals surface area contributed by atoms with Crippen molar-refractivity contribution in [3.05, 3.63) is 35.3 Å². The number of carbonyl (C=O) groups excluding carboxylic acids is 1. The lowest BCUT2D eigenvalue weighted by atomic mass is 9.94. The smallest absolute Gasteiger partial charge is 0.339 e. The van der Waals surface area contributed by atoms with Crippen LogP contribution in [0.2, 0.25) is 0 Å². The maximum absolute atomic E-state index is 11.7. The third-order valence-corrected chi connectivity index (χ3v) is 3.55. The van der Waals surface area contributed by atoms with E-state index in [4.69, 9.17) is 9.52 Å². The van der Waals surface area contributed by atoms with Gasteiger partial charge < -0.3 is 20.2 Å². The Labute approximate surface area is 123 Å². The summed E-state index contributed by atoms with van der Waals surface area (Å²) >= 11 is 0. The minimum absolute atomic E-state index is 0.126. The Morgan fingerprint density at radius 3 is 2.81 bits per heavy atom. The molecule has 0 spiro atoms. The van der Waals surface area contributed by atoms with E-state index in [1.165, 1.54) is 6.07 Å². The van der Waals surface area contributed by atoms with Crippen LogP contribution in [0.5, 0.6) is 0 Å². The average Bonchev–Trinajstić information content (AvgIpc) is 2.85. The number of furan rings is 1. The van der Waals surface area contributed by atoms with Crippen LogP contribution in [0.1, 0.15) is 41.1 Å². The molecule has 114 valence electrons. The van der Waals surface area contributed by atoms with Crippen molar-refractivity contribution in [3.8, 4) is 0 Å². The second kappa shape index (κ2) is 6.97. The molecule has 1 aliphatic rings. The first-order valence-electron chi connectivity index (χ1n) is 7.05. The van der Waals surface area contributed by atoms with Gasteiger partial charge in [0.1, 0.15) is 17.1 Å². The van der Waals surface area contributed by atoms with Gasteiger partial charge >= 0.3 is 12.0 Å². The molecular formula is C15H20N2O4. The summed E-state index contributed by atoms with van der Waals surface area (Å²) < 4.78 is 5.29. The largest absolute Gasteiger partial charge is 0.478 e. The van der Waals surface area contributed by atoms with Gasteiger partial charge in [-0.05, 0) is 38.2 Å². The summed E-state index contributed by atoms with van der Waals surface area (Å²) in [7, 11) is 0. The van der Waals surface area contributed by atoms with Gasteiger partial charge in [0, 0.05) is 6.54 Å². The van der Waals surface area contributed by atoms with Crippen molar-refractivity contribution >= 4 is 12.0 Å². The molecule has 2 amide bonds. The van der Waals surface area contributed by atoms with Crippen molar-refractivity contribution in [3.63, 3.8) is 0 Å². The van der Waals surface area contributed by atoms with Crippen molar-refractivity contribution in [2.75, 3.05) is 6.54 Å². The Kier molecular flexibility index (Phi) is 5.03. The van der Waals surface area contributed by atoms with Gasteiger partial charge in [-0.1, -0.05) is 12.2 Å². The maximum Gasteiger partial charge on any atom is 0.339 e. The van der Waals surface area contributed by atoms with Crippen molar-refractivity contribution < 1.29 is 19.1 Å². The summed E-state index contributed by atoms with van der Waals surface area (Å²) in [6.07, 6.45) is 7.47. The normalized spacial score (nSPS) is 17.5. The second-order valence-corrected chi connectivity index (χ2v) is 5.20. The lowest BCUT2D eigenvalue weighted by Gasteiger charge is -2.18. The number of carbonyl (C=O) groups is 2. The molecular weight excluding hydrogens is 272 g/mol. The number of aryl methyl sites for hydroxylation is 1. The first-order chi connectivity index (χ1) is 10.1. The molecule has 1 aromatic heterocycles. The first-order valence-corrected chi connectivity index (χ1v) is 7.05. The number of hydrogen-bond acceptors (Lipinski definition) is 3. The number of nitrogens with one attached hydrogen (secondary N) is 2. The standard InChI is InChI=1S/C15H20N2O4/c1-10-13(14(18)19)7-12(21-10)9-17-15(20)16-8-11-5-3-2-4-6-11/h2-3,7,11H,4-6,8-9H2,1H3,(H,18,19)(H2,16,17,20). The monoisotopic (exact) mass is 292 g/mol. The predicted octanol–water partition coefficient (Wildman–Crippen LogP) is 2.44. The molecule has 1 aliphatic carbocycles. The van der Waals surface area contributed by atoms with Gasteiger partial charge in [0.05, 0.1) is 6.54 Å². The van der Waals surface area contributed by atoms with Gasteiger partial charge in [-0.25, -0.2) is 9.59 Å². The molecule has 1 aromatic rings. The Hall–Kier alpha value is -2.24. The van der Waals surface area contributed by atoms with E-state index in [2.05, 4.69) is 22.8 Å². The molecule has 0 saturated carbocycles. The number of urea groups is 1. The molecule has 3 N–H and O–H groups in total. The molecule has 0 saturated heterocycles. The summed E-state index contributed by atoms with van der Waals surface area (Å²) in [5.41, 5.74) is 0.126. The highest BCUT2D eigenvalue weighted by atomic mass is 16.4. The average molecular weight is 292 g/mol. The molecule has 21 heavy (non-hydrogen) atoms. The number of carboxylic acids is 1. The van der Waals surface area contributed by atoms with Crippen LogP contribution >= 0.6 is 0 Å². The van der Waals surface area contributed by atoms with E-state index in [0.29, 0.717) is 24.0 Å². The molecule has 1 unspecified atom stereocenters. The zero-order chi connectivity index (χ0) is 15.2. The van der Waals surface area contributed by atoms with E-state index in [9.17, 15) is 9.59 Å². The third-order valence-electron chi connectivity index (χ3n) is 3.55. The third kappa shape index (κ3) is 4.37. The fraction of sp³-hybridized carbons (Fsp3) is 0.467. The van der Waals surface area contributed by atoms with Crippen LogP contribution < -0.4 is 10.6 Å². The molecule has 0 aliphatic heterocycles. The minimum Gasteiger partial charge on any atom is -0.478 e. The van der Waals surface area contributed by atoms with Crippen LogP contribution in [0, 0.1) is 12.8 Å². The molecule has 2 rings (SSSR count). The van der Waals surface area contributed by atoms with E-state index >= 15 is 0 Å². The highest BCUT2D eigenvalue weighted by Crippen LogP contribution is 2.17. The van der Waals surface area contributed by atoms with Crippen LogP contribution in [0.15, 0.2) is 22.6 Å². The number of amides is 2. The Morgan fingerprint density at radius 1 is 1.38 bits per heavy atom. The first kappa shape index (κ1) is 15.2. The zero-order valence-corrected chi connectivity index (χ0v) is 12.0. The fourth-order valence-electron chi connectivity index (χ4n) is 2.35. The highest BCUT2D eigenvalue weighted by Gasteiger charge is 2.15. The molecule has 0 aromatic carbocycles. The summed E-state index contributed by atoms with van der Waals surface area (Å²) in [5, 5.41) is 14.4. The zero-order valence-electron chi connectivity index (χ0n) is 12.0. The maximum atomic E-state index is 11.7. The SMILES string of the molecule is Cc1oc(CNC(=O)NCC2CC=CCC2)cc1C(=O)O. The second-order valence-electron chi connectivity index (χ2n) is 5.20. The number of rotatable bonds is 5. The predicted molar refractivity (Wildman–Crippen MR) is 77.1 cm³/mol. The summed E-state index contributed by atoms with van der Waals surface area (Å²) in [6, 6.07) is 1.17. The van der Waals surface area contributed by atoms with E-state index in [1.54, 1.807) is 6.92 Å². The molecule has 1 heterocycles. The highest BCUT2D eigenvalue weighted by molar-refractivity contribution is 5.88. The van der Waals surface area contributed by atoms with Gasteiger partial charge in [0.15, 0.2) is 0 Å². The van der Waals surface area contributed by atoms with E-state index in [0.717, 1.165) is 19.3 Å². The number of carboxylic acid groups (broad SMARTS) is 1. The Morgan fingerprint density at radius 2 is 2.19 bits per heavy atom. The molecule has 6 heteroatoms. The molecule has 1 atom stereocenters. The van der Waals surface area contributed by atoms with E-state index in [1.807, 2.05) is 0 Å². The summed E-state index contributed by atoms with van der Waals surface area (Å²) in [6.45, 7) is 2.40. The molecule has 0 radical (unpaired) electrons. The van der Waals surface area contributed by atoms with E-state index < -0.39 is 5.97 Å². The van der Waals surface area contributed by atoms with E-state index in [-0.39, 0.29) is 18.1 Å². The number of aromatic carboxylic acids is 1. The number of hydrogen-bond donors (Lipinski definition) is 3. The van der Waals surface area contributed by atoms with Gasteiger partial charge in [0.2, 0.25) is 0 Å². The van der Waals surface area contributed by atoms with Crippen LogP contribution in [-0.2, 0) is 6.54 Å². The van der Waals surface area contributed by atoms with Gasteiger partial charge in [-0.2, -0.15) is 0 Å². The van der Waals surface area contributed by atoms with Gasteiger partial charge in [-0.15, -0.1) is 0 Å². The topological polar surface area (TPSA) is 91.6 Å². The van der Waals surface area contributed by atoms with Gasteiger partial charge in [0.25, 0.3) is 0 Å². The van der Waals surface area contributed by atoms with Crippen LogP contribution in [0.3, 0.4) is 0 Å². The Bertz CT molecular complexity index is 548. The van der Waals surface area contributed by atoms with Crippen LogP contribution in [-0.4, -0.2) is 23.7 Å².